The van der Waals surface area contributed by atoms with Crippen LogP contribution in [0.3, 0.4) is 0 Å². The molecule has 5 aromatic rings. The molecule has 0 aliphatic heterocycles. The molecule has 5 rings (SSSR count). The van der Waals surface area contributed by atoms with E-state index in [1.54, 1.807) is 59.4 Å². The summed E-state index contributed by atoms with van der Waals surface area (Å²) in [6.07, 6.45) is 4.56. The minimum Gasteiger partial charge on any atom is -0.304 e. The largest absolute Gasteiger partial charge is 0.304 e. The van der Waals surface area contributed by atoms with Crippen LogP contribution in [0.5, 0.6) is 0 Å². The van der Waals surface area contributed by atoms with E-state index in [1.165, 1.54) is 42.2 Å². The Labute approximate surface area is 224 Å². The highest BCUT2D eigenvalue weighted by Gasteiger charge is 2.21. The smallest absolute Gasteiger partial charge is 0.258 e. The average Bonchev–Trinajstić information content (AvgIpc) is 3.31. The molecule has 194 valence electrons. The molecule has 0 aliphatic rings. The first-order chi connectivity index (χ1) is 18.8. The first kappa shape index (κ1) is 25.7. The number of carbonyl (C=O) groups is 2. The van der Waals surface area contributed by atoms with Gasteiger partial charge in [0, 0.05) is 29.2 Å². The van der Waals surface area contributed by atoms with Gasteiger partial charge in [0.15, 0.2) is 5.78 Å². The minimum atomic E-state index is -0.580. The number of amides is 1. The van der Waals surface area contributed by atoms with Crippen LogP contribution in [0.1, 0.15) is 28.4 Å². The molecule has 5 nitrogen and oxygen atoms in total. The number of ketones is 1. The maximum atomic E-state index is 15.5. The number of fused-ring (bicyclic) bond motifs is 1. The van der Waals surface area contributed by atoms with Crippen molar-refractivity contribution in [3.8, 4) is 11.1 Å². The van der Waals surface area contributed by atoms with Gasteiger partial charge in [0.05, 0.1) is 18.3 Å². The molecule has 0 fully saturated rings. The van der Waals surface area contributed by atoms with Crippen molar-refractivity contribution < 1.29 is 18.4 Å². The summed E-state index contributed by atoms with van der Waals surface area (Å²) >= 11 is 0. The summed E-state index contributed by atoms with van der Waals surface area (Å²) in [6.45, 7) is 1.27. The third kappa shape index (κ3) is 5.67. The Hall–Kier alpha value is -4.91. The second-order valence-electron chi connectivity index (χ2n) is 9.29. The molecular weight excluding hydrogens is 496 g/mol. The normalized spacial score (nSPS) is 11.3. The highest BCUT2D eigenvalue weighted by molar-refractivity contribution is 6.06. The number of hydrogen-bond donors (Lipinski definition) is 0. The van der Waals surface area contributed by atoms with Gasteiger partial charge in [-0.3, -0.25) is 14.3 Å². The summed E-state index contributed by atoms with van der Waals surface area (Å²) in [4.78, 5) is 26.3. The molecule has 4 aromatic carbocycles. The molecule has 0 atom stereocenters. The Balaban J connectivity index is 1.51. The molecule has 0 N–H and O–H groups in total. The summed E-state index contributed by atoms with van der Waals surface area (Å²) in [7, 11) is 1.86. The van der Waals surface area contributed by atoms with E-state index in [0.29, 0.717) is 16.7 Å². The second kappa shape index (κ2) is 10.8. The maximum absolute atomic E-state index is 15.5. The molecule has 1 heterocycles. The third-order valence-electron chi connectivity index (χ3n) is 6.45. The molecule has 7 heteroatoms. The Morgan fingerprint density at radius 3 is 2.41 bits per heavy atom. The summed E-state index contributed by atoms with van der Waals surface area (Å²) in [5.74, 6) is -1.67. The lowest BCUT2D eigenvalue weighted by molar-refractivity contribution is -0.112. The van der Waals surface area contributed by atoms with Crippen molar-refractivity contribution >= 4 is 34.4 Å². The zero-order valence-electron chi connectivity index (χ0n) is 21.4. The van der Waals surface area contributed by atoms with Crippen LogP contribution in [0.15, 0.2) is 97.2 Å². The fourth-order valence-corrected chi connectivity index (χ4v) is 4.45. The van der Waals surface area contributed by atoms with E-state index in [9.17, 15) is 14.0 Å². The van der Waals surface area contributed by atoms with E-state index < -0.39 is 17.5 Å². The topological polar surface area (TPSA) is 55.2 Å². The van der Waals surface area contributed by atoms with Crippen LogP contribution in [-0.4, -0.2) is 21.5 Å². The van der Waals surface area contributed by atoms with Crippen molar-refractivity contribution in [2.24, 2.45) is 7.05 Å². The molecule has 0 saturated heterocycles. The number of carbonyl (C=O) groups excluding carboxylic acids is 2. The quantitative estimate of drug-likeness (QED) is 0.217. The summed E-state index contributed by atoms with van der Waals surface area (Å²) < 4.78 is 31.9. The molecule has 39 heavy (non-hydrogen) atoms. The molecule has 0 aliphatic carbocycles. The standard InChI is InChI=1S/C32H25F2N3O2/c1-21(38)8-9-22-14-28(33)18-29(15-22)37(32(39)23-6-4-3-5-7-23)20-26-11-10-25(17-30(26)34)24-12-13-31-27(16-24)19-35-36(31)2/h3-19H,20H2,1-2H3/b9-8+. The van der Waals surface area contributed by atoms with Crippen LogP contribution in [-0.2, 0) is 18.4 Å². The lowest BCUT2D eigenvalue weighted by Gasteiger charge is -2.24. The first-order valence-corrected chi connectivity index (χ1v) is 12.4. The third-order valence-corrected chi connectivity index (χ3v) is 6.45. The Kier molecular flexibility index (Phi) is 7.14. The van der Waals surface area contributed by atoms with Gasteiger partial charge in [0.2, 0.25) is 0 Å². The van der Waals surface area contributed by atoms with Crippen molar-refractivity contribution in [1.29, 1.82) is 0 Å². The minimum absolute atomic E-state index is 0.124. The molecule has 0 saturated carbocycles. The van der Waals surface area contributed by atoms with Crippen molar-refractivity contribution in [1.82, 2.24) is 9.78 Å². The van der Waals surface area contributed by atoms with Crippen molar-refractivity contribution in [3.05, 3.63) is 126 Å². The number of nitrogens with zero attached hydrogens (tertiary/aromatic N) is 3. The molecule has 0 spiro atoms. The number of benzene rings is 4. The van der Waals surface area contributed by atoms with Gasteiger partial charge < -0.3 is 4.90 Å². The van der Waals surface area contributed by atoms with Crippen molar-refractivity contribution in [2.45, 2.75) is 13.5 Å². The molecule has 0 radical (unpaired) electrons. The van der Waals surface area contributed by atoms with Crippen molar-refractivity contribution in [3.63, 3.8) is 0 Å². The van der Waals surface area contributed by atoms with E-state index in [-0.39, 0.29) is 23.6 Å². The highest BCUT2D eigenvalue weighted by Crippen LogP contribution is 2.29. The van der Waals surface area contributed by atoms with Crippen LogP contribution in [0.4, 0.5) is 14.5 Å². The van der Waals surface area contributed by atoms with Crippen LogP contribution in [0.2, 0.25) is 0 Å². The number of allylic oxidation sites excluding steroid dienone is 1. The highest BCUT2D eigenvalue weighted by atomic mass is 19.1. The van der Waals surface area contributed by atoms with Crippen LogP contribution >= 0.6 is 0 Å². The lowest BCUT2D eigenvalue weighted by atomic mass is 10.0. The predicted molar refractivity (Wildman–Crippen MR) is 149 cm³/mol. The number of aromatic nitrogens is 2. The SMILES string of the molecule is CC(=O)/C=C/c1cc(F)cc(N(Cc2ccc(-c3ccc4c(cnn4C)c3)cc2F)C(=O)c2ccccc2)c1. The molecule has 0 bridgehead atoms. The molecule has 1 amide bonds. The van der Waals surface area contributed by atoms with Crippen molar-refractivity contribution in [2.75, 3.05) is 4.90 Å². The monoisotopic (exact) mass is 521 g/mol. The van der Waals surface area contributed by atoms with Gasteiger partial charge in [-0.05, 0) is 78.2 Å². The van der Waals surface area contributed by atoms with Gasteiger partial charge in [-0.2, -0.15) is 5.10 Å². The molecule has 0 unspecified atom stereocenters. The number of aryl methyl sites for hydroxylation is 1. The van der Waals surface area contributed by atoms with Gasteiger partial charge in [0.25, 0.3) is 5.91 Å². The second-order valence-corrected chi connectivity index (χ2v) is 9.29. The number of anilines is 1. The van der Waals surface area contributed by atoms with Gasteiger partial charge >= 0.3 is 0 Å². The van der Waals surface area contributed by atoms with E-state index >= 15 is 4.39 Å². The van der Waals surface area contributed by atoms with Gasteiger partial charge in [-0.1, -0.05) is 42.5 Å². The van der Waals surface area contributed by atoms with Crippen LogP contribution in [0, 0.1) is 11.6 Å². The maximum Gasteiger partial charge on any atom is 0.258 e. The molecule has 1 aromatic heterocycles. The summed E-state index contributed by atoms with van der Waals surface area (Å²) in [5.41, 5.74) is 3.80. The Morgan fingerprint density at radius 1 is 0.923 bits per heavy atom. The first-order valence-electron chi connectivity index (χ1n) is 12.4. The van der Waals surface area contributed by atoms with Gasteiger partial charge in [0.1, 0.15) is 11.6 Å². The Bertz CT molecular complexity index is 1720. The zero-order chi connectivity index (χ0) is 27.5. The van der Waals surface area contributed by atoms with Crippen LogP contribution < -0.4 is 4.90 Å². The van der Waals surface area contributed by atoms with E-state index in [1.807, 2.05) is 25.2 Å². The summed E-state index contributed by atoms with van der Waals surface area (Å²) in [5, 5.41) is 5.20. The van der Waals surface area contributed by atoms with Gasteiger partial charge in [-0.25, -0.2) is 8.78 Å². The predicted octanol–water partition coefficient (Wildman–Crippen LogP) is 6.97. The zero-order valence-corrected chi connectivity index (χ0v) is 21.4. The number of rotatable bonds is 7. The van der Waals surface area contributed by atoms with E-state index in [0.717, 1.165) is 16.5 Å². The van der Waals surface area contributed by atoms with E-state index in [2.05, 4.69) is 5.10 Å². The summed E-state index contributed by atoms with van der Waals surface area (Å²) in [6, 6.07) is 23.3. The Morgan fingerprint density at radius 2 is 1.67 bits per heavy atom. The number of halogens is 2. The van der Waals surface area contributed by atoms with Crippen LogP contribution in [0.25, 0.3) is 28.1 Å². The van der Waals surface area contributed by atoms with E-state index in [4.69, 9.17) is 0 Å². The average molecular weight is 522 g/mol. The van der Waals surface area contributed by atoms with Gasteiger partial charge in [-0.15, -0.1) is 0 Å². The molecular formula is C32H25F2N3O2. The fraction of sp³-hybridized carbons (Fsp3) is 0.0938. The lowest BCUT2D eigenvalue weighted by Crippen LogP contribution is -2.31. The fourth-order valence-electron chi connectivity index (χ4n) is 4.45. The number of hydrogen-bond acceptors (Lipinski definition) is 3.